The summed E-state index contributed by atoms with van der Waals surface area (Å²) in [5.74, 6) is 0. The fourth-order valence-electron chi connectivity index (χ4n) is 1.87. The molecule has 1 N–H and O–H groups in total. The molecule has 0 saturated carbocycles. The van der Waals surface area contributed by atoms with Crippen molar-refractivity contribution in [1.29, 1.82) is 0 Å². The van der Waals surface area contributed by atoms with E-state index in [9.17, 15) is 4.39 Å². The monoisotopic (exact) mass is 188 g/mol. The third-order valence-corrected chi connectivity index (χ3v) is 2.96. The number of rotatable bonds is 3. The van der Waals surface area contributed by atoms with Crippen LogP contribution in [0.25, 0.3) is 0 Å². The normalized spacial score (nSPS) is 31.6. The van der Waals surface area contributed by atoms with Gasteiger partial charge < -0.3 is 5.32 Å². The Morgan fingerprint density at radius 3 is 2.92 bits per heavy atom. The Hall–Kier alpha value is -0.150. The lowest BCUT2D eigenvalue weighted by atomic mass is 9.99. The Morgan fingerprint density at radius 1 is 1.54 bits per heavy atom. The zero-order valence-corrected chi connectivity index (χ0v) is 8.77. The highest BCUT2D eigenvalue weighted by molar-refractivity contribution is 4.87. The van der Waals surface area contributed by atoms with Gasteiger partial charge in [0, 0.05) is 18.6 Å². The summed E-state index contributed by atoms with van der Waals surface area (Å²) in [6, 6.07) is 0. The molecule has 0 radical (unpaired) electrons. The van der Waals surface area contributed by atoms with Crippen LogP contribution in [0.4, 0.5) is 4.39 Å². The molecule has 1 fully saturated rings. The average Bonchev–Trinajstić information content (AvgIpc) is 2.29. The first-order valence-electron chi connectivity index (χ1n) is 5.23. The largest absolute Gasteiger partial charge is 0.310 e. The fourth-order valence-corrected chi connectivity index (χ4v) is 1.87. The van der Waals surface area contributed by atoms with Crippen molar-refractivity contribution >= 4 is 0 Å². The maximum Gasteiger partial charge on any atom is 0.102 e. The molecule has 1 aliphatic heterocycles. The van der Waals surface area contributed by atoms with Gasteiger partial charge in [0.2, 0.25) is 0 Å². The van der Waals surface area contributed by atoms with Gasteiger partial charge in [0.25, 0.3) is 0 Å². The van der Waals surface area contributed by atoms with Crippen molar-refractivity contribution in [3.8, 4) is 0 Å². The van der Waals surface area contributed by atoms with E-state index in [1.54, 1.807) is 0 Å². The summed E-state index contributed by atoms with van der Waals surface area (Å²) >= 11 is 0. The number of nitrogens with zero attached hydrogens (tertiary/aromatic N) is 1. The first kappa shape index (κ1) is 10.9. The highest BCUT2D eigenvalue weighted by atomic mass is 19.1. The zero-order chi connectivity index (χ0) is 9.73. The number of hydrogen-bond acceptors (Lipinski definition) is 2. The van der Waals surface area contributed by atoms with Gasteiger partial charge in [-0.15, -0.1) is 0 Å². The van der Waals surface area contributed by atoms with Gasteiger partial charge >= 0.3 is 0 Å². The minimum Gasteiger partial charge on any atom is -0.310 e. The van der Waals surface area contributed by atoms with Crippen molar-refractivity contribution in [3.63, 3.8) is 0 Å². The van der Waals surface area contributed by atoms with Gasteiger partial charge in [0.15, 0.2) is 0 Å². The molecule has 1 heterocycles. The van der Waals surface area contributed by atoms with Crippen molar-refractivity contribution in [2.24, 2.45) is 0 Å². The smallest absolute Gasteiger partial charge is 0.102 e. The van der Waals surface area contributed by atoms with E-state index < -0.39 is 0 Å². The minimum absolute atomic E-state index is 0.186. The van der Waals surface area contributed by atoms with E-state index in [0.717, 1.165) is 32.5 Å². The maximum atomic E-state index is 12.2. The third-order valence-electron chi connectivity index (χ3n) is 2.96. The molecule has 1 unspecified atom stereocenters. The van der Waals surface area contributed by atoms with E-state index in [1.165, 1.54) is 0 Å². The van der Waals surface area contributed by atoms with Crippen molar-refractivity contribution in [2.45, 2.75) is 32.2 Å². The standard InChI is InChI=1S/C10H21FN2/c1-3-10(2)9-13(8-5-11)7-4-6-12-10/h12H,3-9H2,1-2H3. The molecule has 0 aromatic heterocycles. The summed E-state index contributed by atoms with van der Waals surface area (Å²) in [4.78, 5) is 2.23. The topological polar surface area (TPSA) is 15.3 Å². The minimum atomic E-state index is -0.222. The van der Waals surface area contributed by atoms with Gasteiger partial charge in [-0.05, 0) is 32.9 Å². The molecule has 78 valence electrons. The van der Waals surface area contributed by atoms with Crippen LogP contribution >= 0.6 is 0 Å². The van der Waals surface area contributed by atoms with Crippen LogP contribution < -0.4 is 5.32 Å². The Morgan fingerprint density at radius 2 is 2.31 bits per heavy atom. The second kappa shape index (κ2) is 4.91. The summed E-state index contributed by atoms with van der Waals surface area (Å²) in [7, 11) is 0. The first-order valence-corrected chi connectivity index (χ1v) is 5.23. The van der Waals surface area contributed by atoms with Gasteiger partial charge in [0.05, 0.1) is 0 Å². The molecule has 0 aromatic carbocycles. The van der Waals surface area contributed by atoms with Crippen LogP contribution in [0.3, 0.4) is 0 Å². The quantitative estimate of drug-likeness (QED) is 0.720. The van der Waals surface area contributed by atoms with Gasteiger partial charge in [-0.2, -0.15) is 0 Å². The molecule has 1 saturated heterocycles. The van der Waals surface area contributed by atoms with Crippen LogP contribution in [0, 0.1) is 0 Å². The van der Waals surface area contributed by atoms with Gasteiger partial charge in [0.1, 0.15) is 6.67 Å². The number of halogens is 1. The lowest BCUT2D eigenvalue weighted by Gasteiger charge is -2.32. The van der Waals surface area contributed by atoms with Gasteiger partial charge in [-0.3, -0.25) is 4.90 Å². The van der Waals surface area contributed by atoms with Crippen LogP contribution in [0.15, 0.2) is 0 Å². The van der Waals surface area contributed by atoms with Crippen molar-refractivity contribution in [1.82, 2.24) is 10.2 Å². The first-order chi connectivity index (χ1) is 6.20. The summed E-state index contributed by atoms with van der Waals surface area (Å²) < 4.78 is 12.2. The molecular formula is C10H21FN2. The number of hydrogen-bond donors (Lipinski definition) is 1. The Balaban J connectivity index is 2.49. The molecule has 0 aromatic rings. The molecule has 0 bridgehead atoms. The van der Waals surface area contributed by atoms with E-state index in [-0.39, 0.29) is 12.2 Å². The lowest BCUT2D eigenvalue weighted by molar-refractivity contribution is 0.201. The van der Waals surface area contributed by atoms with E-state index in [1.807, 2.05) is 0 Å². The van der Waals surface area contributed by atoms with Gasteiger partial charge in [-0.25, -0.2) is 4.39 Å². The summed E-state index contributed by atoms with van der Waals surface area (Å²) in [5, 5.41) is 3.53. The molecule has 1 aliphatic rings. The van der Waals surface area contributed by atoms with E-state index in [2.05, 4.69) is 24.1 Å². The van der Waals surface area contributed by atoms with Crippen LogP contribution in [0.1, 0.15) is 26.7 Å². The molecule has 0 amide bonds. The van der Waals surface area contributed by atoms with Crippen LogP contribution in [-0.4, -0.2) is 43.3 Å². The van der Waals surface area contributed by atoms with E-state index in [4.69, 9.17) is 0 Å². The van der Waals surface area contributed by atoms with Crippen molar-refractivity contribution in [3.05, 3.63) is 0 Å². The number of nitrogens with one attached hydrogen (secondary N) is 1. The Labute approximate surface area is 80.5 Å². The maximum absolute atomic E-state index is 12.2. The lowest BCUT2D eigenvalue weighted by Crippen LogP contribution is -2.48. The Bertz CT molecular complexity index is 152. The second-order valence-corrected chi connectivity index (χ2v) is 4.16. The van der Waals surface area contributed by atoms with Crippen LogP contribution in [-0.2, 0) is 0 Å². The second-order valence-electron chi connectivity index (χ2n) is 4.16. The average molecular weight is 188 g/mol. The zero-order valence-electron chi connectivity index (χ0n) is 8.77. The summed E-state index contributed by atoms with van der Waals surface area (Å²) in [6.07, 6.45) is 2.24. The molecular weight excluding hydrogens is 167 g/mol. The van der Waals surface area contributed by atoms with Crippen LogP contribution in [0.2, 0.25) is 0 Å². The van der Waals surface area contributed by atoms with Crippen molar-refractivity contribution in [2.75, 3.05) is 32.9 Å². The third kappa shape index (κ3) is 3.24. The molecule has 1 atom stereocenters. The number of alkyl halides is 1. The SMILES string of the molecule is CCC1(C)CN(CCF)CCCN1. The van der Waals surface area contributed by atoms with Crippen LogP contribution in [0.5, 0.6) is 0 Å². The van der Waals surface area contributed by atoms with Gasteiger partial charge in [-0.1, -0.05) is 6.92 Å². The van der Waals surface area contributed by atoms with E-state index in [0.29, 0.717) is 6.54 Å². The highest BCUT2D eigenvalue weighted by Crippen LogP contribution is 2.14. The predicted octanol–water partition coefficient (Wildman–Crippen LogP) is 1.42. The molecule has 2 nitrogen and oxygen atoms in total. The molecule has 0 spiro atoms. The van der Waals surface area contributed by atoms with Crippen molar-refractivity contribution < 1.29 is 4.39 Å². The Kier molecular flexibility index (Phi) is 4.13. The summed E-state index contributed by atoms with van der Waals surface area (Å²) in [6.45, 7) is 7.86. The molecule has 3 heteroatoms. The summed E-state index contributed by atoms with van der Waals surface area (Å²) in [5.41, 5.74) is 0.186. The molecule has 1 rings (SSSR count). The molecule has 13 heavy (non-hydrogen) atoms. The predicted molar refractivity (Wildman–Crippen MR) is 53.7 cm³/mol. The fraction of sp³-hybridized carbons (Fsp3) is 1.00. The molecule has 0 aliphatic carbocycles. The highest BCUT2D eigenvalue weighted by Gasteiger charge is 2.26. The van der Waals surface area contributed by atoms with E-state index >= 15 is 0 Å².